The molecule has 0 fully saturated rings. The molecule has 0 spiro atoms. The first kappa shape index (κ1) is 17.9. The Morgan fingerprint density at radius 1 is 1.12 bits per heavy atom. The molecule has 0 amide bonds. The third-order valence-electron chi connectivity index (χ3n) is 3.60. The van der Waals surface area contributed by atoms with Gasteiger partial charge in [-0.05, 0) is 36.8 Å². The molecule has 26 heavy (non-hydrogen) atoms. The lowest BCUT2D eigenvalue weighted by Gasteiger charge is -2.11. The molecule has 2 aromatic carbocycles. The van der Waals surface area contributed by atoms with Gasteiger partial charge in [0.25, 0.3) is 0 Å². The summed E-state index contributed by atoms with van der Waals surface area (Å²) < 4.78 is 11.6. The van der Waals surface area contributed by atoms with E-state index in [0.717, 1.165) is 21.9 Å². The van der Waals surface area contributed by atoms with Crippen LogP contribution in [0.25, 0.3) is 10.6 Å². The highest BCUT2D eigenvalue weighted by atomic mass is 32.1. The lowest BCUT2D eigenvalue weighted by atomic mass is 10.2. The molecule has 1 heterocycles. The predicted molar refractivity (Wildman–Crippen MR) is 101 cm³/mol. The number of aryl methyl sites for hydroxylation is 1. The molecular weight excluding hydrogens is 350 g/mol. The van der Waals surface area contributed by atoms with E-state index in [0.29, 0.717) is 24.7 Å². The van der Waals surface area contributed by atoms with Crippen molar-refractivity contribution in [3.63, 3.8) is 0 Å². The lowest BCUT2D eigenvalue weighted by Crippen LogP contribution is -2.09. The molecule has 0 saturated heterocycles. The van der Waals surface area contributed by atoms with Crippen molar-refractivity contribution in [2.24, 2.45) is 0 Å². The zero-order valence-electron chi connectivity index (χ0n) is 14.3. The molecular formula is C20H19NO4S. The Morgan fingerprint density at radius 3 is 2.73 bits per heavy atom. The molecule has 0 aliphatic carbocycles. The van der Waals surface area contributed by atoms with Crippen molar-refractivity contribution < 1.29 is 19.4 Å². The molecule has 0 bridgehead atoms. The van der Waals surface area contributed by atoms with E-state index in [2.05, 4.69) is 4.98 Å². The van der Waals surface area contributed by atoms with Crippen LogP contribution in [0.5, 0.6) is 11.5 Å². The van der Waals surface area contributed by atoms with Crippen molar-refractivity contribution >= 4 is 17.3 Å². The van der Waals surface area contributed by atoms with Crippen LogP contribution in [0.4, 0.5) is 0 Å². The second-order valence-corrected chi connectivity index (χ2v) is 6.58. The van der Waals surface area contributed by atoms with E-state index < -0.39 is 5.97 Å². The first-order valence-electron chi connectivity index (χ1n) is 8.19. The van der Waals surface area contributed by atoms with Gasteiger partial charge in [-0.15, -0.1) is 11.3 Å². The average Bonchev–Trinajstić information content (AvgIpc) is 3.07. The Balaban J connectivity index is 1.62. The topological polar surface area (TPSA) is 68.7 Å². The van der Waals surface area contributed by atoms with Crippen LogP contribution in [0.1, 0.15) is 11.3 Å². The molecule has 3 rings (SSSR count). The maximum atomic E-state index is 10.8. The van der Waals surface area contributed by atoms with Gasteiger partial charge < -0.3 is 14.6 Å². The molecule has 0 unspecified atom stereocenters. The van der Waals surface area contributed by atoms with Gasteiger partial charge in [-0.3, -0.25) is 4.79 Å². The summed E-state index contributed by atoms with van der Waals surface area (Å²) in [5.74, 6) is 0.636. The molecule has 5 nitrogen and oxygen atoms in total. The number of para-hydroxylation sites is 1. The Kier molecular flexibility index (Phi) is 5.86. The number of thiazole rings is 1. The molecule has 134 valence electrons. The van der Waals surface area contributed by atoms with Crippen molar-refractivity contribution in [2.45, 2.75) is 13.3 Å². The van der Waals surface area contributed by atoms with E-state index in [9.17, 15) is 4.79 Å². The van der Waals surface area contributed by atoms with Crippen molar-refractivity contribution in [1.29, 1.82) is 0 Å². The highest BCUT2D eigenvalue weighted by Gasteiger charge is 2.12. The number of benzene rings is 2. The van der Waals surface area contributed by atoms with E-state index in [-0.39, 0.29) is 6.42 Å². The van der Waals surface area contributed by atoms with Gasteiger partial charge in [-0.25, -0.2) is 4.98 Å². The number of ether oxygens (including phenoxy) is 2. The highest BCUT2D eigenvalue weighted by molar-refractivity contribution is 7.13. The Hall–Kier alpha value is -2.86. The highest BCUT2D eigenvalue weighted by Crippen LogP contribution is 2.32. The number of hydrogen-bond acceptors (Lipinski definition) is 5. The molecule has 6 heteroatoms. The summed E-state index contributed by atoms with van der Waals surface area (Å²) in [6.45, 7) is 2.85. The summed E-state index contributed by atoms with van der Waals surface area (Å²) in [5, 5.41) is 11.4. The quantitative estimate of drug-likeness (QED) is 0.603. The monoisotopic (exact) mass is 369 g/mol. The van der Waals surface area contributed by atoms with Crippen molar-refractivity contribution in [1.82, 2.24) is 4.98 Å². The summed E-state index contributed by atoms with van der Waals surface area (Å²) in [7, 11) is 0. The summed E-state index contributed by atoms with van der Waals surface area (Å²) in [6.07, 6.45) is -0.0795. The Labute approximate surface area is 155 Å². The number of carbonyl (C=O) groups is 1. The fraction of sp³-hybridized carbons (Fsp3) is 0.200. The van der Waals surface area contributed by atoms with Crippen molar-refractivity contribution in [3.8, 4) is 22.1 Å². The minimum Gasteiger partial charge on any atom is -0.490 e. The summed E-state index contributed by atoms with van der Waals surface area (Å²) in [6, 6.07) is 15.5. The zero-order valence-corrected chi connectivity index (χ0v) is 15.2. The summed E-state index contributed by atoms with van der Waals surface area (Å²) in [5.41, 5.74) is 2.55. The van der Waals surface area contributed by atoms with Gasteiger partial charge in [0.05, 0.1) is 17.7 Å². The number of hydrogen-bond donors (Lipinski definition) is 1. The van der Waals surface area contributed by atoms with Crippen LogP contribution >= 0.6 is 11.3 Å². The number of aliphatic carboxylic acids is 1. The number of rotatable bonds is 8. The van der Waals surface area contributed by atoms with E-state index in [1.165, 1.54) is 11.3 Å². The van der Waals surface area contributed by atoms with Crippen LogP contribution in [0, 0.1) is 6.92 Å². The first-order chi connectivity index (χ1) is 12.6. The van der Waals surface area contributed by atoms with Crippen LogP contribution in [0.15, 0.2) is 53.9 Å². The van der Waals surface area contributed by atoms with Gasteiger partial charge in [-0.1, -0.05) is 24.3 Å². The minimum atomic E-state index is -0.889. The van der Waals surface area contributed by atoms with Crippen LogP contribution < -0.4 is 9.47 Å². The molecule has 1 N–H and O–H groups in total. The Morgan fingerprint density at radius 2 is 1.92 bits per heavy atom. The lowest BCUT2D eigenvalue weighted by molar-refractivity contribution is -0.136. The van der Waals surface area contributed by atoms with E-state index in [4.69, 9.17) is 14.6 Å². The average molecular weight is 369 g/mol. The van der Waals surface area contributed by atoms with E-state index in [1.807, 2.05) is 55.5 Å². The number of aromatic nitrogens is 1. The normalized spacial score (nSPS) is 10.5. The van der Waals surface area contributed by atoms with Crippen LogP contribution in [0.2, 0.25) is 0 Å². The minimum absolute atomic E-state index is 0.0795. The standard InChI is InChI=1S/C20H19NO4S/c1-14-5-4-6-16(11-14)24-9-10-25-18-8-3-2-7-17(18)20-21-15(13-26-20)12-19(22)23/h2-8,11,13H,9-10,12H2,1H3,(H,22,23). The zero-order chi connectivity index (χ0) is 18.4. The van der Waals surface area contributed by atoms with Crippen LogP contribution in [-0.4, -0.2) is 29.3 Å². The van der Waals surface area contributed by atoms with Gasteiger partial charge in [0.15, 0.2) is 0 Å². The fourth-order valence-corrected chi connectivity index (χ4v) is 3.30. The van der Waals surface area contributed by atoms with E-state index in [1.54, 1.807) is 5.38 Å². The summed E-state index contributed by atoms with van der Waals surface area (Å²) in [4.78, 5) is 15.2. The maximum Gasteiger partial charge on any atom is 0.309 e. The molecule has 0 atom stereocenters. The predicted octanol–water partition coefficient (Wildman–Crippen LogP) is 4.20. The SMILES string of the molecule is Cc1cccc(OCCOc2ccccc2-c2nc(CC(=O)O)cs2)c1. The molecule has 0 aliphatic heterocycles. The van der Waals surface area contributed by atoms with E-state index >= 15 is 0 Å². The van der Waals surface area contributed by atoms with Gasteiger partial charge in [-0.2, -0.15) is 0 Å². The third kappa shape index (κ3) is 4.83. The fourth-order valence-electron chi connectivity index (χ4n) is 2.45. The van der Waals surface area contributed by atoms with Crippen molar-refractivity contribution in [3.05, 3.63) is 65.2 Å². The number of carboxylic acid groups (broad SMARTS) is 1. The van der Waals surface area contributed by atoms with Crippen molar-refractivity contribution in [2.75, 3.05) is 13.2 Å². The number of carboxylic acids is 1. The largest absolute Gasteiger partial charge is 0.490 e. The molecule has 3 aromatic rings. The third-order valence-corrected chi connectivity index (χ3v) is 4.53. The second-order valence-electron chi connectivity index (χ2n) is 5.72. The number of nitrogens with zero attached hydrogens (tertiary/aromatic N) is 1. The van der Waals surface area contributed by atoms with Gasteiger partial charge in [0, 0.05) is 5.38 Å². The second kappa shape index (κ2) is 8.49. The summed E-state index contributed by atoms with van der Waals surface area (Å²) >= 11 is 1.41. The van der Waals surface area contributed by atoms with Crippen LogP contribution in [-0.2, 0) is 11.2 Å². The maximum absolute atomic E-state index is 10.8. The molecule has 0 radical (unpaired) electrons. The smallest absolute Gasteiger partial charge is 0.309 e. The molecule has 0 aliphatic rings. The van der Waals surface area contributed by atoms with Gasteiger partial charge >= 0.3 is 5.97 Å². The molecule has 0 saturated carbocycles. The first-order valence-corrected chi connectivity index (χ1v) is 9.07. The van der Waals surface area contributed by atoms with Gasteiger partial charge in [0.2, 0.25) is 0 Å². The molecule has 1 aromatic heterocycles. The van der Waals surface area contributed by atoms with Gasteiger partial charge in [0.1, 0.15) is 29.7 Å². The Bertz CT molecular complexity index is 891. The van der Waals surface area contributed by atoms with Crippen LogP contribution in [0.3, 0.4) is 0 Å².